The van der Waals surface area contributed by atoms with Crippen LogP contribution in [0.4, 0.5) is 5.69 Å². The quantitative estimate of drug-likeness (QED) is 0.796. The van der Waals surface area contributed by atoms with Crippen LogP contribution in [0.2, 0.25) is 0 Å². The van der Waals surface area contributed by atoms with Crippen LogP contribution in [0.25, 0.3) is 5.76 Å². The molecule has 2 rings (SSSR count). The summed E-state index contributed by atoms with van der Waals surface area (Å²) in [5, 5.41) is 9.53. The summed E-state index contributed by atoms with van der Waals surface area (Å²) in [4.78, 5) is 2.21. The summed E-state index contributed by atoms with van der Waals surface area (Å²) >= 11 is 0. The van der Waals surface area contributed by atoms with E-state index in [9.17, 15) is 5.11 Å². The zero-order valence-corrected chi connectivity index (χ0v) is 10.7. The normalized spacial score (nSPS) is 14.5. The summed E-state index contributed by atoms with van der Waals surface area (Å²) in [6.45, 7) is 9.44. The standard InChI is InChI=1S/C14H19NO2/c1-9(2)12-7-11(10(3)16)8-13-14(12)15(4)5-6-17-13/h7-9,16H,3,5-6H2,1-2,4H3. The van der Waals surface area contributed by atoms with Gasteiger partial charge >= 0.3 is 0 Å². The van der Waals surface area contributed by atoms with Crippen LogP contribution in [0.5, 0.6) is 5.75 Å². The number of ether oxygens (including phenoxy) is 1. The van der Waals surface area contributed by atoms with Crippen molar-refractivity contribution in [2.24, 2.45) is 0 Å². The van der Waals surface area contributed by atoms with Crippen LogP contribution in [-0.2, 0) is 0 Å². The molecule has 0 amide bonds. The van der Waals surface area contributed by atoms with Gasteiger partial charge in [0.05, 0.1) is 12.2 Å². The Morgan fingerprint density at radius 3 is 2.76 bits per heavy atom. The minimum atomic E-state index is 0.0894. The summed E-state index contributed by atoms with van der Waals surface area (Å²) in [6.07, 6.45) is 0. The molecular weight excluding hydrogens is 214 g/mol. The summed E-state index contributed by atoms with van der Waals surface area (Å²) < 4.78 is 5.68. The topological polar surface area (TPSA) is 32.7 Å². The van der Waals surface area contributed by atoms with E-state index < -0.39 is 0 Å². The Hall–Kier alpha value is -1.64. The fourth-order valence-corrected chi connectivity index (χ4v) is 2.16. The first-order valence-corrected chi connectivity index (χ1v) is 5.91. The third-order valence-electron chi connectivity index (χ3n) is 3.13. The molecule has 0 bridgehead atoms. The highest BCUT2D eigenvalue weighted by molar-refractivity contribution is 5.72. The first-order chi connectivity index (χ1) is 8.00. The van der Waals surface area contributed by atoms with E-state index in [-0.39, 0.29) is 5.76 Å². The summed E-state index contributed by atoms with van der Waals surface area (Å²) in [6, 6.07) is 3.86. The number of benzene rings is 1. The molecule has 1 aromatic carbocycles. The molecule has 0 aliphatic carbocycles. The van der Waals surface area contributed by atoms with Gasteiger partial charge in [-0.2, -0.15) is 0 Å². The van der Waals surface area contributed by atoms with Gasteiger partial charge in [-0.05, 0) is 23.6 Å². The number of aliphatic hydroxyl groups excluding tert-OH is 1. The van der Waals surface area contributed by atoms with Crippen molar-refractivity contribution in [3.63, 3.8) is 0 Å². The summed E-state index contributed by atoms with van der Waals surface area (Å²) in [5.41, 5.74) is 3.06. The Morgan fingerprint density at radius 1 is 1.47 bits per heavy atom. The fraction of sp³-hybridized carbons (Fsp3) is 0.429. The van der Waals surface area contributed by atoms with E-state index in [1.54, 1.807) is 0 Å². The molecule has 17 heavy (non-hydrogen) atoms. The number of aliphatic hydroxyl groups is 1. The van der Waals surface area contributed by atoms with Gasteiger partial charge in [-0.1, -0.05) is 20.4 Å². The Balaban J connectivity index is 2.62. The van der Waals surface area contributed by atoms with Crippen molar-refractivity contribution < 1.29 is 9.84 Å². The van der Waals surface area contributed by atoms with Crippen LogP contribution in [0, 0.1) is 0 Å². The molecule has 1 heterocycles. The van der Waals surface area contributed by atoms with E-state index in [4.69, 9.17) is 4.74 Å². The third kappa shape index (κ3) is 2.09. The molecule has 92 valence electrons. The van der Waals surface area contributed by atoms with Crippen molar-refractivity contribution >= 4 is 11.4 Å². The van der Waals surface area contributed by atoms with Gasteiger partial charge in [0.2, 0.25) is 0 Å². The monoisotopic (exact) mass is 233 g/mol. The highest BCUT2D eigenvalue weighted by Gasteiger charge is 2.21. The lowest BCUT2D eigenvalue weighted by atomic mass is 9.96. The molecule has 0 saturated heterocycles. The van der Waals surface area contributed by atoms with Crippen LogP contribution >= 0.6 is 0 Å². The lowest BCUT2D eigenvalue weighted by molar-refractivity contribution is 0.310. The smallest absolute Gasteiger partial charge is 0.143 e. The van der Waals surface area contributed by atoms with E-state index >= 15 is 0 Å². The largest absolute Gasteiger partial charge is 0.508 e. The fourth-order valence-electron chi connectivity index (χ4n) is 2.16. The average Bonchev–Trinajstić information content (AvgIpc) is 2.27. The maximum absolute atomic E-state index is 9.53. The SMILES string of the molecule is C=C(O)c1cc2c(c(C(C)C)c1)N(C)CCO2. The zero-order valence-electron chi connectivity index (χ0n) is 10.7. The van der Waals surface area contributed by atoms with Crippen LogP contribution in [0.1, 0.15) is 30.9 Å². The van der Waals surface area contributed by atoms with E-state index in [1.807, 2.05) is 12.1 Å². The number of hydrogen-bond acceptors (Lipinski definition) is 3. The Kier molecular flexibility index (Phi) is 3.01. The highest BCUT2D eigenvalue weighted by atomic mass is 16.5. The van der Waals surface area contributed by atoms with Crippen LogP contribution in [0.3, 0.4) is 0 Å². The molecule has 0 saturated carbocycles. The Morgan fingerprint density at radius 2 is 2.18 bits per heavy atom. The molecule has 3 heteroatoms. The number of anilines is 1. The molecule has 0 radical (unpaired) electrons. The number of fused-ring (bicyclic) bond motifs is 1. The molecule has 0 aromatic heterocycles. The second-order valence-corrected chi connectivity index (χ2v) is 4.78. The third-order valence-corrected chi connectivity index (χ3v) is 3.13. The summed E-state index contributed by atoms with van der Waals surface area (Å²) in [5.74, 6) is 1.31. The van der Waals surface area contributed by atoms with Crippen molar-refractivity contribution in [3.05, 3.63) is 29.8 Å². The van der Waals surface area contributed by atoms with Crippen molar-refractivity contribution in [2.45, 2.75) is 19.8 Å². The first kappa shape index (κ1) is 11.8. The van der Waals surface area contributed by atoms with Gasteiger partial charge in [-0.3, -0.25) is 0 Å². The van der Waals surface area contributed by atoms with Crippen molar-refractivity contribution in [2.75, 3.05) is 25.1 Å². The maximum Gasteiger partial charge on any atom is 0.143 e. The van der Waals surface area contributed by atoms with Gasteiger partial charge in [-0.15, -0.1) is 0 Å². The van der Waals surface area contributed by atoms with E-state index in [0.717, 1.165) is 23.5 Å². The highest BCUT2D eigenvalue weighted by Crippen LogP contribution is 2.40. The van der Waals surface area contributed by atoms with Crippen LogP contribution < -0.4 is 9.64 Å². The molecule has 0 unspecified atom stereocenters. The second-order valence-electron chi connectivity index (χ2n) is 4.78. The van der Waals surface area contributed by atoms with Gasteiger partial charge < -0.3 is 14.7 Å². The van der Waals surface area contributed by atoms with E-state index in [1.165, 1.54) is 5.56 Å². The van der Waals surface area contributed by atoms with Gasteiger partial charge in [0.15, 0.2) is 0 Å². The van der Waals surface area contributed by atoms with Crippen LogP contribution in [0.15, 0.2) is 18.7 Å². The van der Waals surface area contributed by atoms with Gasteiger partial charge in [0.25, 0.3) is 0 Å². The summed E-state index contributed by atoms with van der Waals surface area (Å²) in [7, 11) is 2.07. The van der Waals surface area contributed by atoms with Crippen molar-refractivity contribution in [1.29, 1.82) is 0 Å². The zero-order chi connectivity index (χ0) is 12.6. The molecule has 1 N–H and O–H groups in total. The Bertz CT molecular complexity index is 452. The van der Waals surface area contributed by atoms with E-state index in [2.05, 4.69) is 32.4 Å². The average molecular weight is 233 g/mol. The Labute approximate surface area is 102 Å². The molecule has 0 spiro atoms. The molecule has 1 aromatic rings. The van der Waals surface area contributed by atoms with Gasteiger partial charge in [0.1, 0.15) is 18.1 Å². The van der Waals surface area contributed by atoms with Crippen LogP contribution in [-0.4, -0.2) is 25.3 Å². The van der Waals surface area contributed by atoms with Crippen molar-refractivity contribution in [1.82, 2.24) is 0 Å². The molecular formula is C14H19NO2. The minimum absolute atomic E-state index is 0.0894. The molecule has 3 nitrogen and oxygen atoms in total. The predicted molar refractivity (Wildman–Crippen MR) is 71.0 cm³/mol. The lowest BCUT2D eigenvalue weighted by Crippen LogP contribution is -2.30. The minimum Gasteiger partial charge on any atom is -0.508 e. The molecule has 1 aliphatic rings. The van der Waals surface area contributed by atoms with Crippen molar-refractivity contribution in [3.8, 4) is 5.75 Å². The second kappa shape index (κ2) is 4.32. The van der Waals surface area contributed by atoms with Gasteiger partial charge in [0, 0.05) is 12.6 Å². The number of hydrogen-bond donors (Lipinski definition) is 1. The van der Waals surface area contributed by atoms with E-state index in [0.29, 0.717) is 12.5 Å². The molecule has 1 aliphatic heterocycles. The number of rotatable bonds is 2. The first-order valence-electron chi connectivity index (χ1n) is 5.91. The maximum atomic E-state index is 9.53. The molecule has 0 atom stereocenters. The number of nitrogens with zero attached hydrogens (tertiary/aromatic N) is 1. The predicted octanol–water partition coefficient (Wildman–Crippen LogP) is 3.17. The molecule has 0 fully saturated rings. The lowest BCUT2D eigenvalue weighted by Gasteiger charge is -2.31. The van der Waals surface area contributed by atoms with Gasteiger partial charge in [-0.25, -0.2) is 0 Å². The number of likely N-dealkylation sites (N-methyl/N-ethyl adjacent to an activating group) is 1.